The molecule has 2 N–H and O–H groups in total. The van der Waals surface area contributed by atoms with E-state index < -0.39 is 5.60 Å². The van der Waals surface area contributed by atoms with Gasteiger partial charge in [0.05, 0.1) is 18.8 Å². The Morgan fingerprint density at radius 1 is 1.50 bits per heavy atom. The van der Waals surface area contributed by atoms with Gasteiger partial charge < -0.3 is 19.8 Å². The molecule has 2 heterocycles. The van der Waals surface area contributed by atoms with Crippen molar-refractivity contribution in [2.24, 2.45) is 0 Å². The van der Waals surface area contributed by atoms with Crippen LogP contribution in [-0.2, 0) is 11.2 Å². The number of rotatable bonds is 5. The fourth-order valence-electron chi connectivity index (χ4n) is 2.67. The number of pyridine rings is 1. The lowest BCUT2D eigenvalue weighted by Gasteiger charge is -2.37. The van der Waals surface area contributed by atoms with Crippen LogP contribution in [0.25, 0.3) is 0 Å². The first kappa shape index (κ1) is 16.7. The lowest BCUT2D eigenvalue weighted by atomic mass is 9.94. The van der Waals surface area contributed by atoms with Crippen LogP contribution in [0.3, 0.4) is 0 Å². The Kier molecular flexibility index (Phi) is 5.37. The highest BCUT2D eigenvalue weighted by Gasteiger charge is 2.34. The highest BCUT2D eigenvalue weighted by molar-refractivity contribution is 5.78. The monoisotopic (exact) mass is 308 g/mol. The molecule has 1 aromatic heterocycles. The molecule has 1 aliphatic rings. The van der Waals surface area contributed by atoms with Crippen molar-refractivity contribution in [3.8, 4) is 5.75 Å². The van der Waals surface area contributed by atoms with Crippen molar-refractivity contribution in [2.45, 2.75) is 38.7 Å². The molecule has 1 atom stereocenters. The molecule has 0 aromatic carbocycles. The standard InChI is InChI=1S/C16H24N2O4/c1-3-13-14(6-5-12(2)17-13)22-9-15(20)18-8-4-7-16(21,10-18)11-19/h5-6,19,21H,3-4,7-11H2,1-2H3/t16-/m0/s1. The summed E-state index contributed by atoms with van der Waals surface area (Å²) in [4.78, 5) is 18.2. The molecule has 0 radical (unpaired) electrons. The van der Waals surface area contributed by atoms with Gasteiger partial charge >= 0.3 is 0 Å². The number of aliphatic hydroxyl groups is 2. The molecule has 0 saturated carbocycles. The van der Waals surface area contributed by atoms with Crippen LogP contribution in [0, 0.1) is 6.92 Å². The fourth-order valence-corrected chi connectivity index (χ4v) is 2.67. The fraction of sp³-hybridized carbons (Fsp3) is 0.625. The minimum atomic E-state index is -1.19. The molecule has 122 valence electrons. The average molecular weight is 308 g/mol. The number of aryl methyl sites for hydroxylation is 2. The molecule has 0 unspecified atom stereocenters. The number of piperidine rings is 1. The predicted octanol–water partition coefficient (Wildman–Crippen LogP) is 0.677. The van der Waals surface area contributed by atoms with Gasteiger partial charge in [0.1, 0.15) is 11.4 Å². The maximum absolute atomic E-state index is 12.2. The van der Waals surface area contributed by atoms with Crippen molar-refractivity contribution in [2.75, 3.05) is 26.3 Å². The lowest BCUT2D eigenvalue weighted by Crippen LogP contribution is -2.53. The van der Waals surface area contributed by atoms with Gasteiger partial charge in [-0.15, -0.1) is 0 Å². The summed E-state index contributed by atoms with van der Waals surface area (Å²) in [6, 6.07) is 3.68. The van der Waals surface area contributed by atoms with Crippen LogP contribution in [-0.4, -0.2) is 57.9 Å². The molecule has 2 rings (SSSR count). The van der Waals surface area contributed by atoms with Gasteiger partial charge in [-0.2, -0.15) is 0 Å². The minimum absolute atomic E-state index is 0.0841. The highest BCUT2D eigenvalue weighted by Crippen LogP contribution is 2.21. The zero-order valence-corrected chi connectivity index (χ0v) is 13.2. The van der Waals surface area contributed by atoms with E-state index in [1.54, 1.807) is 4.90 Å². The Balaban J connectivity index is 1.95. The first-order valence-electron chi connectivity index (χ1n) is 7.68. The average Bonchev–Trinajstić information content (AvgIpc) is 2.53. The molecule has 6 nitrogen and oxygen atoms in total. The predicted molar refractivity (Wildman–Crippen MR) is 81.7 cm³/mol. The van der Waals surface area contributed by atoms with Gasteiger partial charge in [-0.25, -0.2) is 0 Å². The summed E-state index contributed by atoms with van der Waals surface area (Å²) in [6.45, 7) is 4.22. The van der Waals surface area contributed by atoms with Gasteiger partial charge in [0.15, 0.2) is 6.61 Å². The molecule has 0 aliphatic carbocycles. The summed E-state index contributed by atoms with van der Waals surface area (Å²) in [7, 11) is 0. The third kappa shape index (κ3) is 3.96. The molecule has 6 heteroatoms. The van der Waals surface area contributed by atoms with Gasteiger partial charge in [-0.3, -0.25) is 9.78 Å². The first-order chi connectivity index (χ1) is 10.5. The second kappa shape index (κ2) is 7.07. The highest BCUT2D eigenvalue weighted by atomic mass is 16.5. The molecule has 1 fully saturated rings. The summed E-state index contributed by atoms with van der Waals surface area (Å²) in [6.07, 6.45) is 1.92. The van der Waals surface area contributed by atoms with Gasteiger partial charge in [-0.1, -0.05) is 6.92 Å². The van der Waals surface area contributed by atoms with Crippen LogP contribution >= 0.6 is 0 Å². The molecule has 22 heavy (non-hydrogen) atoms. The molecule has 0 spiro atoms. The molecule has 1 saturated heterocycles. The topological polar surface area (TPSA) is 82.9 Å². The third-order valence-corrected chi connectivity index (χ3v) is 3.96. The number of ether oxygens (including phenoxy) is 1. The van der Waals surface area contributed by atoms with Gasteiger partial charge in [0.2, 0.25) is 0 Å². The number of hydrogen-bond donors (Lipinski definition) is 2. The number of β-amino-alcohol motifs (C(OH)–C–C–N with tert-alkyl or cyclic N) is 1. The van der Waals surface area contributed by atoms with E-state index in [1.807, 2.05) is 26.0 Å². The number of aliphatic hydroxyl groups excluding tert-OH is 1. The number of carbonyl (C=O) groups is 1. The van der Waals surface area contributed by atoms with Crippen molar-refractivity contribution < 1.29 is 19.7 Å². The molecule has 0 bridgehead atoms. The maximum Gasteiger partial charge on any atom is 0.260 e. The quantitative estimate of drug-likeness (QED) is 0.836. The third-order valence-electron chi connectivity index (χ3n) is 3.96. The van der Waals surface area contributed by atoms with Crippen molar-refractivity contribution in [1.82, 2.24) is 9.88 Å². The number of nitrogens with zero attached hydrogens (tertiary/aromatic N) is 2. The van der Waals surface area contributed by atoms with E-state index in [4.69, 9.17) is 4.74 Å². The van der Waals surface area contributed by atoms with E-state index in [0.717, 1.165) is 17.8 Å². The Bertz CT molecular complexity index is 535. The largest absolute Gasteiger partial charge is 0.482 e. The number of likely N-dealkylation sites (tertiary alicyclic amines) is 1. The molecular weight excluding hydrogens is 284 g/mol. The Labute approximate surface area is 130 Å². The van der Waals surface area contributed by atoms with Crippen LogP contribution in [0.15, 0.2) is 12.1 Å². The van der Waals surface area contributed by atoms with Gasteiger partial charge in [-0.05, 0) is 38.3 Å². The van der Waals surface area contributed by atoms with Gasteiger partial charge in [0, 0.05) is 12.2 Å². The van der Waals surface area contributed by atoms with E-state index >= 15 is 0 Å². The number of amides is 1. The maximum atomic E-state index is 12.2. The summed E-state index contributed by atoms with van der Waals surface area (Å²) < 4.78 is 5.60. The second-order valence-electron chi connectivity index (χ2n) is 5.84. The van der Waals surface area contributed by atoms with E-state index in [9.17, 15) is 15.0 Å². The van der Waals surface area contributed by atoms with Crippen LogP contribution in [0.4, 0.5) is 0 Å². The molecule has 1 amide bonds. The van der Waals surface area contributed by atoms with Gasteiger partial charge in [0.25, 0.3) is 5.91 Å². The van der Waals surface area contributed by atoms with Crippen molar-refractivity contribution in [1.29, 1.82) is 0 Å². The molecule has 1 aromatic rings. The number of hydrogen-bond acceptors (Lipinski definition) is 5. The normalized spacial score (nSPS) is 21.7. The minimum Gasteiger partial charge on any atom is -0.482 e. The van der Waals surface area contributed by atoms with E-state index in [2.05, 4.69) is 4.98 Å². The Morgan fingerprint density at radius 2 is 2.27 bits per heavy atom. The van der Waals surface area contributed by atoms with E-state index in [1.165, 1.54) is 0 Å². The molecular formula is C16H24N2O4. The van der Waals surface area contributed by atoms with Crippen LogP contribution in [0.1, 0.15) is 31.2 Å². The van der Waals surface area contributed by atoms with E-state index in [0.29, 0.717) is 25.1 Å². The first-order valence-corrected chi connectivity index (χ1v) is 7.68. The second-order valence-corrected chi connectivity index (χ2v) is 5.84. The molecule has 1 aliphatic heterocycles. The summed E-state index contributed by atoms with van der Waals surface area (Å²) in [5, 5.41) is 19.3. The Hall–Kier alpha value is -1.66. The van der Waals surface area contributed by atoms with Crippen LogP contribution in [0.5, 0.6) is 5.75 Å². The van der Waals surface area contributed by atoms with Crippen molar-refractivity contribution in [3.63, 3.8) is 0 Å². The number of aromatic nitrogens is 1. The van der Waals surface area contributed by atoms with Crippen molar-refractivity contribution in [3.05, 3.63) is 23.5 Å². The summed E-state index contributed by atoms with van der Waals surface area (Å²) in [5.74, 6) is 0.435. The number of carbonyl (C=O) groups excluding carboxylic acids is 1. The summed E-state index contributed by atoms with van der Waals surface area (Å²) in [5.41, 5.74) is 0.561. The van der Waals surface area contributed by atoms with E-state index in [-0.39, 0.29) is 25.7 Å². The summed E-state index contributed by atoms with van der Waals surface area (Å²) >= 11 is 0. The van der Waals surface area contributed by atoms with Crippen molar-refractivity contribution >= 4 is 5.91 Å². The zero-order valence-electron chi connectivity index (χ0n) is 13.2. The smallest absolute Gasteiger partial charge is 0.260 e. The SMILES string of the molecule is CCc1nc(C)ccc1OCC(=O)N1CCC[C@@](O)(CO)C1. The lowest BCUT2D eigenvalue weighted by molar-refractivity contribution is -0.142. The van der Waals surface area contributed by atoms with Crippen LogP contribution < -0.4 is 4.74 Å². The van der Waals surface area contributed by atoms with Crippen LogP contribution in [0.2, 0.25) is 0 Å². The zero-order chi connectivity index (χ0) is 16.2. The Morgan fingerprint density at radius 3 is 2.95 bits per heavy atom.